The van der Waals surface area contributed by atoms with Gasteiger partial charge in [0.05, 0.1) is 17.9 Å². The lowest BCUT2D eigenvalue weighted by Gasteiger charge is -2.12. The van der Waals surface area contributed by atoms with E-state index in [0.717, 1.165) is 11.1 Å². The van der Waals surface area contributed by atoms with Gasteiger partial charge in [-0.3, -0.25) is 9.59 Å². The Hall–Kier alpha value is -3.44. The predicted molar refractivity (Wildman–Crippen MR) is 114 cm³/mol. The molecule has 29 heavy (non-hydrogen) atoms. The predicted octanol–water partition coefficient (Wildman–Crippen LogP) is 4.32. The van der Waals surface area contributed by atoms with Crippen LogP contribution < -0.4 is 10.6 Å². The molecular formula is C24H24N2O3. The molecule has 0 unspecified atom stereocenters. The van der Waals surface area contributed by atoms with Crippen molar-refractivity contribution in [3.63, 3.8) is 0 Å². The Morgan fingerprint density at radius 2 is 1.48 bits per heavy atom. The van der Waals surface area contributed by atoms with E-state index in [1.807, 2.05) is 43.3 Å². The van der Waals surface area contributed by atoms with Crippen LogP contribution in [0.4, 0.5) is 5.69 Å². The van der Waals surface area contributed by atoms with Crippen molar-refractivity contribution < 1.29 is 14.3 Å². The van der Waals surface area contributed by atoms with Gasteiger partial charge in [-0.15, -0.1) is 0 Å². The molecule has 0 saturated carbocycles. The summed E-state index contributed by atoms with van der Waals surface area (Å²) in [6.07, 6.45) is 0. The molecule has 0 aliphatic carbocycles. The number of para-hydroxylation sites is 1. The molecule has 5 heteroatoms. The Morgan fingerprint density at radius 3 is 2.17 bits per heavy atom. The number of anilines is 1. The molecule has 3 aromatic carbocycles. The topological polar surface area (TPSA) is 67.4 Å². The maximum absolute atomic E-state index is 12.7. The highest BCUT2D eigenvalue weighted by molar-refractivity contribution is 6.09. The van der Waals surface area contributed by atoms with Crippen LogP contribution in [0.1, 0.15) is 37.4 Å². The van der Waals surface area contributed by atoms with Crippen molar-refractivity contribution in [2.24, 2.45) is 0 Å². The number of nitrogens with one attached hydrogen (secondary N) is 2. The van der Waals surface area contributed by atoms with Gasteiger partial charge in [0.2, 0.25) is 0 Å². The number of benzene rings is 3. The zero-order chi connectivity index (χ0) is 20.6. The van der Waals surface area contributed by atoms with Crippen molar-refractivity contribution in [2.75, 3.05) is 12.4 Å². The van der Waals surface area contributed by atoms with Crippen molar-refractivity contribution in [3.05, 3.63) is 101 Å². The number of aryl methyl sites for hydroxylation is 1. The van der Waals surface area contributed by atoms with E-state index in [2.05, 4.69) is 10.6 Å². The molecule has 2 N–H and O–H groups in total. The van der Waals surface area contributed by atoms with Crippen LogP contribution in [-0.2, 0) is 17.9 Å². The van der Waals surface area contributed by atoms with E-state index >= 15 is 0 Å². The number of amides is 2. The molecule has 0 atom stereocenters. The van der Waals surface area contributed by atoms with Crippen molar-refractivity contribution >= 4 is 17.5 Å². The molecule has 0 saturated heterocycles. The van der Waals surface area contributed by atoms with Crippen LogP contribution in [-0.4, -0.2) is 18.9 Å². The van der Waals surface area contributed by atoms with E-state index in [0.29, 0.717) is 30.0 Å². The quantitative estimate of drug-likeness (QED) is 0.633. The fourth-order valence-corrected chi connectivity index (χ4v) is 2.89. The zero-order valence-electron chi connectivity index (χ0n) is 16.6. The highest BCUT2D eigenvalue weighted by atomic mass is 16.5. The molecule has 0 fully saturated rings. The van der Waals surface area contributed by atoms with Crippen molar-refractivity contribution in [3.8, 4) is 0 Å². The third-order valence-corrected chi connectivity index (χ3v) is 4.52. The Morgan fingerprint density at radius 1 is 0.828 bits per heavy atom. The van der Waals surface area contributed by atoms with Gasteiger partial charge in [-0.25, -0.2) is 0 Å². The minimum absolute atomic E-state index is 0.239. The SMILES string of the molecule is COCc1ccc(C(=O)Nc2ccccc2C(=O)NCc2ccc(C)cc2)cc1. The molecule has 5 nitrogen and oxygen atoms in total. The lowest BCUT2D eigenvalue weighted by molar-refractivity contribution is 0.0952. The summed E-state index contributed by atoms with van der Waals surface area (Å²) in [6, 6.07) is 22.1. The van der Waals surface area contributed by atoms with Crippen molar-refractivity contribution in [2.45, 2.75) is 20.1 Å². The summed E-state index contributed by atoms with van der Waals surface area (Å²) in [6.45, 7) is 2.93. The number of methoxy groups -OCH3 is 1. The third kappa shape index (κ3) is 5.53. The number of hydrogen-bond acceptors (Lipinski definition) is 3. The van der Waals surface area contributed by atoms with Gasteiger partial charge in [0.25, 0.3) is 11.8 Å². The van der Waals surface area contributed by atoms with E-state index in [4.69, 9.17) is 4.74 Å². The molecular weight excluding hydrogens is 364 g/mol. The first-order valence-electron chi connectivity index (χ1n) is 9.39. The number of ether oxygens (including phenoxy) is 1. The Kier molecular flexibility index (Phi) is 6.76. The Bertz CT molecular complexity index is 980. The van der Waals surface area contributed by atoms with Gasteiger partial charge in [0.1, 0.15) is 0 Å². The van der Waals surface area contributed by atoms with Gasteiger partial charge < -0.3 is 15.4 Å². The summed E-state index contributed by atoms with van der Waals surface area (Å²) >= 11 is 0. The van der Waals surface area contributed by atoms with Gasteiger partial charge >= 0.3 is 0 Å². The Labute approximate surface area is 170 Å². The second kappa shape index (κ2) is 9.66. The van der Waals surface area contributed by atoms with Crippen LogP contribution in [0.3, 0.4) is 0 Å². The monoisotopic (exact) mass is 388 g/mol. The number of carbonyl (C=O) groups excluding carboxylic acids is 2. The normalized spacial score (nSPS) is 10.4. The van der Waals surface area contributed by atoms with Gasteiger partial charge in [-0.1, -0.05) is 54.1 Å². The van der Waals surface area contributed by atoms with E-state index in [1.54, 1.807) is 43.5 Å². The van der Waals surface area contributed by atoms with Crippen LogP contribution in [0.2, 0.25) is 0 Å². The van der Waals surface area contributed by atoms with E-state index in [1.165, 1.54) is 5.56 Å². The van der Waals surface area contributed by atoms with E-state index < -0.39 is 0 Å². The van der Waals surface area contributed by atoms with Gasteiger partial charge in [0.15, 0.2) is 0 Å². The van der Waals surface area contributed by atoms with Crippen LogP contribution in [0.25, 0.3) is 0 Å². The first kappa shape index (κ1) is 20.3. The summed E-state index contributed by atoms with van der Waals surface area (Å²) in [5, 5.41) is 5.74. The second-order valence-electron chi connectivity index (χ2n) is 6.80. The van der Waals surface area contributed by atoms with Crippen LogP contribution >= 0.6 is 0 Å². The molecule has 0 aliphatic heterocycles. The number of hydrogen-bond donors (Lipinski definition) is 2. The fourth-order valence-electron chi connectivity index (χ4n) is 2.89. The minimum atomic E-state index is -0.271. The molecule has 0 bridgehead atoms. The van der Waals surface area contributed by atoms with Gasteiger partial charge in [0, 0.05) is 19.2 Å². The fraction of sp³-hybridized carbons (Fsp3) is 0.167. The molecule has 0 radical (unpaired) electrons. The first-order valence-corrected chi connectivity index (χ1v) is 9.39. The molecule has 3 aromatic rings. The summed E-state index contributed by atoms with van der Waals surface area (Å²) in [4.78, 5) is 25.3. The van der Waals surface area contributed by atoms with Crippen LogP contribution in [0.15, 0.2) is 72.8 Å². The summed E-state index contributed by atoms with van der Waals surface area (Å²) in [7, 11) is 1.63. The second-order valence-corrected chi connectivity index (χ2v) is 6.80. The maximum atomic E-state index is 12.7. The molecule has 0 heterocycles. The molecule has 3 rings (SSSR count). The lowest BCUT2D eigenvalue weighted by atomic mass is 10.1. The maximum Gasteiger partial charge on any atom is 0.255 e. The average Bonchev–Trinajstić information content (AvgIpc) is 2.74. The standard InChI is InChI=1S/C24H24N2O3/c1-17-7-9-18(10-8-17)15-25-24(28)21-5-3-4-6-22(21)26-23(27)20-13-11-19(12-14-20)16-29-2/h3-14H,15-16H2,1-2H3,(H,25,28)(H,26,27). The Balaban J connectivity index is 1.68. The number of rotatable bonds is 7. The molecule has 0 spiro atoms. The highest BCUT2D eigenvalue weighted by Crippen LogP contribution is 2.17. The van der Waals surface area contributed by atoms with E-state index in [-0.39, 0.29) is 11.8 Å². The first-order chi connectivity index (χ1) is 14.1. The molecule has 0 aliphatic rings. The highest BCUT2D eigenvalue weighted by Gasteiger charge is 2.14. The number of carbonyl (C=O) groups is 2. The van der Waals surface area contributed by atoms with Crippen LogP contribution in [0.5, 0.6) is 0 Å². The zero-order valence-corrected chi connectivity index (χ0v) is 16.6. The van der Waals surface area contributed by atoms with Gasteiger partial charge in [-0.2, -0.15) is 0 Å². The summed E-state index contributed by atoms with van der Waals surface area (Å²) < 4.78 is 5.08. The van der Waals surface area contributed by atoms with E-state index in [9.17, 15) is 9.59 Å². The largest absolute Gasteiger partial charge is 0.380 e. The van der Waals surface area contributed by atoms with Crippen molar-refractivity contribution in [1.29, 1.82) is 0 Å². The smallest absolute Gasteiger partial charge is 0.255 e. The van der Waals surface area contributed by atoms with Crippen LogP contribution in [0, 0.1) is 6.92 Å². The third-order valence-electron chi connectivity index (χ3n) is 4.52. The lowest BCUT2D eigenvalue weighted by Crippen LogP contribution is -2.24. The summed E-state index contributed by atoms with van der Waals surface area (Å²) in [5.74, 6) is -0.510. The average molecular weight is 388 g/mol. The molecule has 0 aromatic heterocycles. The van der Waals surface area contributed by atoms with Gasteiger partial charge in [-0.05, 0) is 42.3 Å². The summed E-state index contributed by atoms with van der Waals surface area (Å²) in [5.41, 5.74) is 4.58. The molecule has 148 valence electrons. The molecule has 2 amide bonds. The minimum Gasteiger partial charge on any atom is -0.380 e. The van der Waals surface area contributed by atoms with Crippen molar-refractivity contribution in [1.82, 2.24) is 5.32 Å².